The molecule has 0 saturated heterocycles. The van der Waals surface area contributed by atoms with Crippen molar-refractivity contribution in [2.75, 3.05) is 7.11 Å². The van der Waals surface area contributed by atoms with E-state index >= 15 is 0 Å². The highest BCUT2D eigenvalue weighted by Crippen LogP contribution is 2.19. The van der Waals surface area contributed by atoms with Gasteiger partial charge in [0.2, 0.25) is 0 Å². The number of aromatic nitrogens is 2. The van der Waals surface area contributed by atoms with E-state index < -0.39 is 17.9 Å². The predicted molar refractivity (Wildman–Crippen MR) is 112 cm³/mol. The highest BCUT2D eigenvalue weighted by molar-refractivity contribution is 5.97. The lowest BCUT2D eigenvalue weighted by Crippen LogP contribution is -2.42. The summed E-state index contributed by atoms with van der Waals surface area (Å²) in [5, 5.41) is 2.91. The molecule has 0 aliphatic rings. The lowest BCUT2D eigenvalue weighted by Gasteiger charge is -2.23. The van der Waals surface area contributed by atoms with Crippen LogP contribution in [0.4, 0.5) is 0 Å². The maximum atomic E-state index is 12.7. The van der Waals surface area contributed by atoms with Crippen LogP contribution < -0.4 is 11.1 Å². The van der Waals surface area contributed by atoms with E-state index in [-0.39, 0.29) is 5.91 Å². The molecule has 7 nitrogen and oxygen atoms in total. The van der Waals surface area contributed by atoms with Gasteiger partial charge in [0.1, 0.15) is 0 Å². The number of carbonyl (C=O) groups is 2. The smallest absolute Gasteiger partial charge is 0.311 e. The van der Waals surface area contributed by atoms with Crippen LogP contribution in [-0.2, 0) is 16.0 Å². The molecule has 1 heterocycles. The van der Waals surface area contributed by atoms with Gasteiger partial charge in [-0.05, 0) is 48.7 Å². The third kappa shape index (κ3) is 4.63. The number of nitrogens with zero attached hydrogens (tertiary/aromatic N) is 1. The molecule has 29 heavy (non-hydrogen) atoms. The number of nitrogens with one attached hydrogen (secondary N) is 2. The summed E-state index contributed by atoms with van der Waals surface area (Å²) in [5.74, 6) is -1.22. The largest absolute Gasteiger partial charge is 0.469 e. The summed E-state index contributed by atoms with van der Waals surface area (Å²) in [6.45, 7) is 5.54. The summed E-state index contributed by atoms with van der Waals surface area (Å²) in [7, 11) is 1.34. The van der Waals surface area contributed by atoms with Gasteiger partial charge < -0.3 is 20.8 Å². The molecule has 2 aromatic carbocycles. The normalized spacial score (nSPS) is 12.9. The molecule has 0 saturated carbocycles. The number of H-pyrrole nitrogens is 1. The molecular formula is C22H24N4O3. The van der Waals surface area contributed by atoms with E-state index in [0.29, 0.717) is 17.7 Å². The molecule has 0 bridgehead atoms. The Bertz CT molecular complexity index is 1060. The summed E-state index contributed by atoms with van der Waals surface area (Å²) in [6.07, 6.45) is 1.97. The number of ether oxygens (including phenoxy) is 1. The fourth-order valence-corrected chi connectivity index (χ4v) is 3.24. The van der Waals surface area contributed by atoms with E-state index in [9.17, 15) is 9.59 Å². The molecule has 1 aromatic heterocycles. The number of imidazole rings is 1. The zero-order valence-corrected chi connectivity index (χ0v) is 16.4. The van der Waals surface area contributed by atoms with Crippen LogP contribution >= 0.6 is 0 Å². The van der Waals surface area contributed by atoms with Crippen LogP contribution in [0.25, 0.3) is 16.7 Å². The molecule has 4 N–H and O–H groups in total. The highest BCUT2D eigenvalue weighted by atomic mass is 16.5. The molecule has 2 atom stereocenters. The first kappa shape index (κ1) is 20.1. The van der Waals surface area contributed by atoms with Gasteiger partial charge in [-0.15, -0.1) is 0 Å². The lowest BCUT2D eigenvalue weighted by atomic mass is 9.92. The number of benzene rings is 2. The maximum Gasteiger partial charge on any atom is 0.311 e. The number of rotatable bonds is 7. The summed E-state index contributed by atoms with van der Waals surface area (Å²) in [4.78, 5) is 32.2. The standard InChI is InChI=1S/C22H24N4O3/c1-13(23)16-6-4-5-15(9-16)10-18(22(28)29-3)14(2)26-21(27)17-7-8-19-20(11-17)25-12-24-19/h4-9,11-12,14,18H,1,10,23H2,2-3H3,(H,24,25)(H,26,27). The number of esters is 1. The van der Waals surface area contributed by atoms with Crippen LogP contribution in [0.3, 0.4) is 0 Å². The van der Waals surface area contributed by atoms with Crippen molar-refractivity contribution in [2.45, 2.75) is 19.4 Å². The summed E-state index contributed by atoms with van der Waals surface area (Å²) < 4.78 is 4.97. The minimum Gasteiger partial charge on any atom is -0.469 e. The Balaban J connectivity index is 1.77. The molecule has 0 fully saturated rings. The Labute approximate surface area is 169 Å². The van der Waals surface area contributed by atoms with Gasteiger partial charge in [-0.3, -0.25) is 9.59 Å². The van der Waals surface area contributed by atoms with Crippen LogP contribution in [0.1, 0.15) is 28.4 Å². The third-order valence-corrected chi connectivity index (χ3v) is 4.90. The second kappa shape index (κ2) is 8.60. The SMILES string of the molecule is C=C(N)c1cccc(CC(C(=O)OC)C(C)NC(=O)c2ccc3nc[nH]c3c2)c1. The van der Waals surface area contributed by atoms with E-state index in [1.54, 1.807) is 31.5 Å². The van der Waals surface area contributed by atoms with Crippen molar-refractivity contribution >= 4 is 28.6 Å². The van der Waals surface area contributed by atoms with E-state index in [1.807, 2.05) is 24.3 Å². The molecule has 3 rings (SSSR count). The van der Waals surface area contributed by atoms with E-state index in [0.717, 1.165) is 22.2 Å². The first-order valence-corrected chi connectivity index (χ1v) is 9.24. The Morgan fingerprint density at radius 3 is 2.76 bits per heavy atom. The topological polar surface area (TPSA) is 110 Å². The lowest BCUT2D eigenvalue weighted by molar-refractivity contribution is -0.146. The van der Waals surface area contributed by atoms with Crippen molar-refractivity contribution in [2.24, 2.45) is 11.7 Å². The molecule has 0 radical (unpaired) electrons. The molecular weight excluding hydrogens is 368 g/mol. The Morgan fingerprint density at radius 1 is 1.24 bits per heavy atom. The number of fused-ring (bicyclic) bond motifs is 1. The van der Waals surface area contributed by atoms with E-state index in [1.165, 1.54) is 7.11 Å². The van der Waals surface area contributed by atoms with E-state index in [4.69, 9.17) is 10.5 Å². The minimum absolute atomic E-state index is 0.271. The Hall–Kier alpha value is -3.61. The molecule has 0 aliphatic carbocycles. The fourth-order valence-electron chi connectivity index (χ4n) is 3.24. The highest BCUT2D eigenvalue weighted by Gasteiger charge is 2.28. The van der Waals surface area contributed by atoms with Crippen LogP contribution in [-0.4, -0.2) is 35.0 Å². The molecule has 150 valence electrons. The van der Waals surface area contributed by atoms with E-state index in [2.05, 4.69) is 21.9 Å². The van der Waals surface area contributed by atoms with Crippen molar-refractivity contribution in [1.82, 2.24) is 15.3 Å². The van der Waals surface area contributed by atoms with Gasteiger partial charge in [-0.2, -0.15) is 0 Å². The zero-order chi connectivity index (χ0) is 21.0. The first-order chi connectivity index (χ1) is 13.9. The quantitative estimate of drug-likeness (QED) is 0.536. The first-order valence-electron chi connectivity index (χ1n) is 9.24. The molecule has 1 amide bonds. The number of carbonyl (C=O) groups excluding carboxylic acids is 2. The molecule has 3 aromatic rings. The average molecular weight is 392 g/mol. The van der Waals surface area contributed by atoms with Crippen LogP contribution in [0.15, 0.2) is 55.4 Å². The molecule has 0 aliphatic heterocycles. The van der Waals surface area contributed by atoms with Gasteiger partial charge in [0, 0.05) is 17.3 Å². The zero-order valence-electron chi connectivity index (χ0n) is 16.4. The number of amides is 1. The number of hydrogen-bond donors (Lipinski definition) is 3. The molecule has 7 heteroatoms. The second-order valence-electron chi connectivity index (χ2n) is 6.96. The van der Waals surface area contributed by atoms with Crippen molar-refractivity contribution in [3.8, 4) is 0 Å². The third-order valence-electron chi connectivity index (χ3n) is 4.90. The summed E-state index contributed by atoms with van der Waals surface area (Å²) in [6, 6.07) is 12.3. The van der Waals surface area contributed by atoms with Crippen molar-refractivity contribution in [3.05, 3.63) is 72.1 Å². The fraction of sp³-hybridized carbons (Fsp3) is 0.227. The van der Waals surface area contributed by atoms with Crippen molar-refractivity contribution in [3.63, 3.8) is 0 Å². The summed E-state index contributed by atoms with van der Waals surface area (Å²) in [5.41, 5.74) is 9.97. The second-order valence-corrected chi connectivity index (χ2v) is 6.96. The maximum absolute atomic E-state index is 12.7. The van der Waals surface area contributed by atoms with Gasteiger partial charge in [0.15, 0.2) is 0 Å². The van der Waals surface area contributed by atoms with Gasteiger partial charge >= 0.3 is 5.97 Å². The molecule has 2 unspecified atom stereocenters. The van der Waals surface area contributed by atoms with Crippen LogP contribution in [0.5, 0.6) is 0 Å². The predicted octanol–water partition coefficient (Wildman–Crippen LogP) is 2.64. The van der Waals surface area contributed by atoms with Gasteiger partial charge in [-0.25, -0.2) is 4.98 Å². The molecule has 0 spiro atoms. The Kier molecular flexibility index (Phi) is 5.97. The number of methoxy groups -OCH3 is 1. The minimum atomic E-state index is -0.555. The van der Waals surface area contributed by atoms with Crippen LogP contribution in [0.2, 0.25) is 0 Å². The monoisotopic (exact) mass is 392 g/mol. The number of nitrogens with two attached hydrogens (primary N) is 1. The summed E-state index contributed by atoms with van der Waals surface area (Å²) >= 11 is 0. The van der Waals surface area contributed by atoms with Gasteiger partial charge in [-0.1, -0.05) is 24.8 Å². The van der Waals surface area contributed by atoms with Gasteiger partial charge in [0.25, 0.3) is 5.91 Å². The number of aromatic amines is 1. The average Bonchev–Trinajstić information content (AvgIpc) is 3.19. The van der Waals surface area contributed by atoms with Crippen molar-refractivity contribution < 1.29 is 14.3 Å². The number of hydrogen-bond acceptors (Lipinski definition) is 5. The van der Waals surface area contributed by atoms with Crippen molar-refractivity contribution in [1.29, 1.82) is 0 Å². The Morgan fingerprint density at radius 2 is 2.03 bits per heavy atom. The van der Waals surface area contributed by atoms with Gasteiger partial charge in [0.05, 0.1) is 30.4 Å². The van der Waals surface area contributed by atoms with Crippen LogP contribution in [0, 0.1) is 5.92 Å².